The van der Waals surface area contributed by atoms with Crippen LogP contribution in [0.5, 0.6) is 11.5 Å². The molecule has 37 heavy (non-hydrogen) atoms. The van der Waals surface area contributed by atoms with E-state index in [2.05, 4.69) is 9.72 Å². The van der Waals surface area contributed by atoms with Gasteiger partial charge in [0.15, 0.2) is 11.2 Å². The summed E-state index contributed by atoms with van der Waals surface area (Å²) in [7, 11) is 4.77. The largest absolute Gasteiger partial charge is 0.507 e. The van der Waals surface area contributed by atoms with Crippen LogP contribution in [0, 0.1) is 0 Å². The number of ether oxygens (including phenoxy) is 1. The second-order valence-corrected chi connectivity index (χ2v) is 7.51. The molecule has 194 valence electrons. The first-order valence-electron chi connectivity index (χ1n) is 10.5. The molecular formula is C24H25N5O8. The maximum Gasteiger partial charge on any atom is 0.339 e. The van der Waals surface area contributed by atoms with Crippen LogP contribution in [0.25, 0.3) is 11.2 Å². The summed E-state index contributed by atoms with van der Waals surface area (Å²) in [6.07, 6.45) is 1.52. The number of carboxylic acid groups (broad SMARTS) is 1. The third-order valence-corrected chi connectivity index (χ3v) is 4.86. The minimum atomic E-state index is -1.11. The predicted molar refractivity (Wildman–Crippen MR) is 133 cm³/mol. The van der Waals surface area contributed by atoms with Gasteiger partial charge in [-0.25, -0.2) is 14.6 Å². The lowest BCUT2D eigenvalue weighted by Crippen LogP contribution is -2.37. The monoisotopic (exact) mass is 511 g/mol. The number of rotatable bonds is 3. The van der Waals surface area contributed by atoms with Gasteiger partial charge in [0.25, 0.3) is 11.5 Å². The number of amides is 1. The standard InChI is InChI=1S/C9H8O4.C8H10N4O2.C7H7NO2/c1-6(10)13-8-5-3-2-4-7(8)9(11)12;1-10-4-9-6-5(10)7(13)12(3)8(14)11(6)2;8-7(10)5-3-1-2-4-6(5)9/h2-5H,1H3,(H,11,12);4H,1-3H3;1-4,9H,(H2,8,10). The predicted octanol–water partition coefficient (Wildman–Crippen LogP) is 0.772. The minimum absolute atomic E-state index is 0.0160. The molecule has 4 rings (SSSR count). The topological polar surface area (TPSA) is 189 Å². The molecule has 2 aromatic heterocycles. The minimum Gasteiger partial charge on any atom is -0.507 e. The average molecular weight is 511 g/mol. The van der Waals surface area contributed by atoms with E-state index < -0.39 is 17.8 Å². The van der Waals surface area contributed by atoms with E-state index in [1.54, 1.807) is 42.9 Å². The number of imidazole rings is 1. The number of nitrogens with zero attached hydrogens (tertiary/aromatic N) is 4. The zero-order valence-corrected chi connectivity index (χ0v) is 20.4. The number of primary amides is 1. The fourth-order valence-electron chi connectivity index (χ4n) is 3.04. The summed E-state index contributed by atoms with van der Waals surface area (Å²) in [4.78, 5) is 58.8. The molecule has 13 heteroatoms. The lowest BCUT2D eigenvalue weighted by molar-refractivity contribution is -0.131. The van der Waals surface area contributed by atoms with Gasteiger partial charge in [-0.05, 0) is 24.3 Å². The van der Waals surface area contributed by atoms with Crippen LogP contribution in [0.2, 0.25) is 0 Å². The Morgan fingerprint density at radius 1 is 0.919 bits per heavy atom. The molecule has 0 saturated heterocycles. The Bertz CT molecular complexity index is 1580. The first-order valence-corrected chi connectivity index (χ1v) is 10.5. The van der Waals surface area contributed by atoms with E-state index in [-0.39, 0.29) is 33.9 Å². The van der Waals surface area contributed by atoms with Crippen molar-refractivity contribution in [1.82, 2.24) is 18.7 Å². The van der Waals surface area contributed by atoms with E-state index in [9.17, 15) is 24.0 Å². The van der Waals surface area contributed by atoms with Crippen LogP contribution in [0.3, 0.4) is 0 Å². The number of phenols is 1. The van der Waals surface area contributed by atoms with Crippen LogP contribution in [0.1, 0.15) is 27.6 Å². The fraction of sp³-hybridized carbons (Fsp3) is 0.167. The van der Waals surface area contributed by atoms with E-state index in [0.717, 1.165) is 4.57 Å². The van der Waals surface area contributed by atoms with Crippen molar-refractivity contribution in [2.75, 3.05) is 0 Å². The van der Waals surface area contributed by atoms with Crippen LogP contribution in [0.4, 0.5) is 0 Å². The van der Waals surface area contributed by atoms with Crippen LogP contribution in [-0.2, 0) is 25.9 Å². The Balaban J connectivity index is 0.000000198. The van der Waals surface area contributed by atoms with Gasteiger partial charge < -0.3 is 25.3 Å². The maximum absolute atomic E-state index is 11.7. The number of hydrogen-bond acceptors (Lipinski definition) is 8. The number of benzene rings is 2. The Kier molecular flexibility index (Phi) is 9.07. The quantitative estimate of drug-likeness (QED) is 0.263. The molecule has 0 fully saturated rings. The van der Waals surface area contributed by atoms with Gasteiger partial charge in [0.2, 0.25) is 0 Å². The van der Waals surface area contributed by atoms with Gasteiger partial charge in [0.1, 0.15) is 17.1 Å². The maximum atomic E-state index is 11.7. The molecule has 0 aliphatic rings. The molecule has 0 aliphatic heterocycles. The highest BCUT2D eigenvalue weighted by atomic mass is 16.5. The summed E-state index contributed by atoms with van der Waals surface area (Å²) in [6.45, 7) is 1.22. The summed E-state index contributed by atoms with van der Waals surface area (Å²) in [6, 6.07) is 12.1. The number of hydrogen-bond donors (Lipinski definition) is 3. The number of aromatic nitrogens is 4. The second-order valence-electron chi connectivity index (χ2n) is 7.51. The van der Waals surface area contributed by atoms with Crippen molar-refractivity contribution in [2.24, 2.45) is 26.9 Å². The number of carboxylic acids is 1. The summed E-state index contributed by atoms with van der Waals surface area (Å²) < 4.78 is 8.73. The number of para-hydroxylation sites is 2. The van der Waals surface area contributed by atoms with Gasteiger partial charge in [-0.1, -0.05) is 24.3 Å². The zero-order chi connectivity index (χ0) is 27.9. The lowest BCUT2D eigenvalue weighted by Gasteiger charge is -2.03. The summed E-state index contributed by atoms with van der Waals surface area (Å²) >= 11 is 0. The van der Waals surface area contributed by atoms with Crippen LogP contribution in [0.15, 0.2) is 64.4 Å². The van der Waals surface area contributed by atoms with Gasteiger partial charge in [0.05, 0.1) is 11.9 Å². The molecule has 0 spiro atoms. The normalized spacial score (nSPS) is 9.95. The molecule has 13 nitrogen and oxygen atoms in total. The van der Waals surface area contributed by atoms with Gasteiger partial charge in [-0.15, -0.1) is 0 Å². The number of aryl methyl sites for hydroxylation is 2. The molecule has 0 aliphatic carbocycles. The van der Waals surface area contributed by atoms with Gasteiger partial charge in [-0.3, -0.25) is 23.5 Å². The first-order chi connectivity index (χ1) is 17.4. The van der Waals surface area contributed by atoms with E-state index in [1.807, 2.05) is 0 Å². The van der Waals surface area contributed by atoms with Gasteiger partial charge in [0, 0.05) is 28.1 Å². The molecule has 0 radical (unpaired) electrons. The molecular weight excluding hydrogens is 486 g/mol. The molecule has 2 heterocycles. The number of fused-ring (bicyclic) bond motifs is 1. The molecule has 0 unspecified atom stereocenters. The number of nitrogens with two attached hydrogens (primary N) is 1. The third kappa shape index (κ3) is 6.69. The SMILES string of the molecule is CC(=O)Oc1ccccc1C(=O)O.Cn1c(=O)c2c(ncn2C)n(C)c1=O.NC(=O)c1ccccc1O. The molecule has 4 aromatic rings. The smallest absolute Gasteiger partial charge is 0.339 e. The molecule has 1 amide bonds. The van der Waals surface area contributed by atoms with Crippen molar-refractivity contribution in [3.05, 3.63) is 86.8 Å². The molecule has 4 N–H and O–H groups in total. The van der Waals surface area contributed by atoms with E-state index in [0.29, 0.717) is 11.2 Å². The molecule has 0 atom stereocenters. The van der Waals surface area contributed by atoms with E-state index in [1.165, 1.54) is 49.1 Å². The van der Waals surface area contributed by atoms with Gasteiger partial charge in [-0.2, -0.15) is 0 Å². The third-order valence-electron chi connectivity index (χ3n) is 4.86. The summed E-state index contributed by atoms with van der Waals surface area (Å²) in [5, 5.41) is 17.7. The van der Waals surface area contributed by atoms with Crippen LogP contribution < -0.4 is 21.7 Å². The molecule has 2 aromatic carbocycles. The number of carbonyl (C=O) groups excluding carboxylic acids is 2. The van der Waals surface area contributed by atoms with Crippen molar-refractivity contribution in [3.8, 4) is 11.5 Å². The van der Waals surface area contributed by atoms with Crippen molar-refractivity contribution >= 4 is 29.0 Å². The van der Waals surface area contributed by atoms with Crippen molar-refractivity contribution in [3.63, 3.8) is 0 Å². The van der Waals surface area contributed by atoms with Crippen molar-refractivity contribution < 1.29 is 29.3 Å². The van der Waals surface area contributed by atoms with Crippen LogP contribution in [-0.4, -0.2) is 46.7 Å². The number of carbonyl (C=O) groups is 3. The molecule has 0 saturated carbocycles. The summed E-state index contributed by atoms with van der Waals surface area (Å²) in [5.41, 5.74) is 5.23. The average Bonchev–Trinajstić information content (AvgIpc) is 3.23. The Morgan fingerprint density at radius 2 is 1.49 bits per heavy atom. The highest BCUT2D eigenvalue weighted by molar-refractivity contribution is 5.95. The van der Waals surface area contributed by atoms with Gasteiger partial charge >= 0.3 is 17.6 Å². The zero-order valence-electron chi connectivity index (χ0n) is 20.4. The highest BCUT2D eigenvalue weighted by Crippen LogP contribution is 2.17. The Labute approximate surface area is 209 Å². The number of esters is 1. The summed E-state index contributed by atoms with van der Waals surface area (Å²) in [5.74, 6) is -2.26. The molecule has 0 bridgehead atoms. The highest BCUT2D eigenvalue weighted by Gasteiger charge is 2.12. The number of aromatic hydroxyl groups is 1. The second kappa shape index (κ2) is 12.0. The van der Waals surface area contributed by atoms with Crippen molar-refractivity contribution in [2.45, 2.75) is 6.92 Å². The Hall–Kier alpha value is -5.20. The van der Waals surface area contributed by atoms with Crippen LogP contribution >= 0.6 is 0 Å². The first kappa shape index (κ1) is 28.0. The fourth-order valence-corrected chi connectivity index (χ4v) is 3.04. The Morgan fingerprint density at radius 3 is 2.00 bits per heavy atom. The van der Waals surface area contributed by atoms with E-state index >= 15 is 0 Å². The van der Waals surface area contributed by atoms with E-state index in [4.69, 9.17) is 15.9 Å². The lowest BCUT2D eigenvalue weighted by atomic mass is 10.2. The van der Waals surface area contributed by atoms with Crippen molar-refractivity contribution in [1.29, 1.82) is 0 Å². The number of aromatic carboxylic acids is 1.